The van der Waals surface area contributed by atoms with E-state index in [9.17, 15) is 14.7 Å². The topological polar surface area (TPSA) is 107 Å². The van der Waals surface area contributed by atoms with Crippen LogP contribution in [0.25, 0.3) is 5.76 Å². The van der Waals surface area contributed by atoms with E-state index >= 15 is 0 Å². The lowest BCUT2D eigenvalue weighted by Gasteiger charge is -2.18. The molecule has 0 unspecified atom stereocenters. The molecule has 0 fully saturated rings. The third-order valence-electron chi connectivity index (χ3n) is 4.11. The van der Waals surface area contributed by atoms with Gasteiger partial charge in [-0.25, -0.2) is 4.98 Å². The predicted octanol–water partition coefficient (Wildman–Crippen LogP) is 2.54. The molecule has 0 radical (unpaired) electrons. The number of nitrogens with zero attached hydrogens (tertiary/aromatic N) is 1. The summed E-state index contributed by atoms with van der Waals surface area (Å²) >= 11 is 0. The van der Waals surface area contributed by atoms with Crippen LogP contribution in [-0.4, -0.2) is 35.6 Å². The summed E-state index contributed by atoms with van der Waals surface area (Å²) in [5, 5.41) is 12.5. The molecule has 0 saturated carbocycles. The molecule has 0 bridgehead atoms. The first-order chi connectivity index (χ1) is 13.6. The van der Waals surface area contributed by atoms with E-state index in [1.807, 2.05) is 6.08 Å². The fraction of sp³-hybridized carbons (Fsp3) is 0.250. The zero-order valence-electron chi connectivity index (χ0n) is 15.3. The molecular weight excluding hydrogens is 364 g/mol. The Morgan fingerprint density at radius 3 is 2.93 bits per heavy atom. The summed E-state index contributed by atoms with van der Waals surface area (Å²) in [4.78, 5) is 27.1. The van der Waals surface area contributed by atoms with Crippen molar-refractivity contribution in [1.82, 2.24) is 10.3 Å². The van der Waals surface area contributed by atoms with Crippen LogP contribution in [0.15, 0.2) is 54.3 Å². The molecular formula is C20H20N2O6. The molecule has 146 valence electrons. The summed E-state index contributed by atoms with van der Waals surface area (Å²) in [6.07, 6.45) is 13.1. The largest absolute Gasteiger partial charge is 0.505 e. The van der Waals surface area contributed by atoms with Gasteiger partial charge in [0.1, 0.15) is 30.6 Å². The van der Waals surface area contributed by atoms with Crippen molar-refractivity contribution in [2.45, 2.75) is 19.3 Å². The van der Waals surface area contributed by atoms with Crippen LogP contribution in [-0.2, 0) is 19.0 Å². The molecule has 2 heterocycles. The highest BCUT2D eigenvalue weighted by Crippen LogP contribution is 2.30. The van der Waals surface area contributed by atoms with Crippen molar-refractivity contribution in [3.63, 3.8) is 0 Å². The minimum absolute atomic E-state index is 0.208. The van der Waals surface area contributed by atoms with Gasteiger partial charge in [0.2, 0.25) is 0 Å². The maximum atomic E-state index is 12.0. The van der Waals surface area contributed by atoms with Crippen molar-refractivity contribution in [3.8, 4) is 5.75 Å². The third-order valence-corrected chi connectivity index (χ3v) is 4.11. The van der Waals surface area contributed by atoms with E-state index in [4.69, 9.17) is 9.47 Å². The summed E-state index contributed by atoms with van der Waals surface area (Å²) in [5.74, 6) is -0.639. The zero-order chi connectivity index (χ0) is 19.9. The van der Waals surface area contributed by atoms with Crippen molar-refractivity contribution in [1.29, 1.82) is 0 Å². The quantitative estimate of drug-likeness (QED) is 0.726. The highest BCUT2D eigenvalue weighted by Gasteiger charge is 2.19. The molecule has 1 aromatic rings. The SMILES string of the molecule is COC(=O)CNC(=O)c1ncc(C2=COC=C(CC3=CC=CCC3)O2)cc1O. The number of rotatable bonds is 6. The number of amides is 1. The summed E-state index contributed by atoms with van der Waals surface area (Å²) in [6.45, 7) is -0.320. The maximum Gasteiger partial charge on any atom is 0.325 e. The molecule has 0 spiro atoms. The second-order valence-electron chi connectivity index (χ2n) is 6.12. The highest BCUT2D eigenvalue weighted by molar-refractivity contribution is 5.96. The van der Waals surface area contributed by atoms with Crippen molar-refractivity contribution >= 4 is 17.6 Å². The Morgan fingerprint density at radius 1 is 1.36 bits per heavy atom. The van der Waals surface area contributed by atoms with Crippen LogP contribution in [0.1, 0.15) is 35.3 Å². The number of methoxy groups -OCH3 is 1. The molecule has 1 aliphatic heterocycles. The second-order valence-corrected chi connectivity index (χ2v) is 6.12. The van der Waals surface area contributed by atoms with E-state index in [0.29, 0.717) is 23.5 Å². The van der Waals surface area contributed by atoms with Crippen LogP contribution >= 0.6 is 0 Å². The number of carbonyl (C=O) groups is 2. The van der Waals surface area contributed by atoms with E-state index in [-0.39, 0.29) is 18.0 Å². The molecule has 8 heteroatoms. The number of carbonyl (C=O) groups excluding carboxylic acids is 2. The summed E-state index contributed by atoms with van der Waals surface area (Å²) in [5.41, 5.74) is 1.47. The minimum Gasteiger partial charge on any atom is -0.505 e. The lowest BCUT2D eigenvalue weighted by molar-refractivity contribution is -0.139. The molecule has 1 aromatic heterocycles. The van der Waals surface area contributed by atoms with Gasteiger partial charge in [-0.1, -0.05) is 23.8 Å². The van der Waals surface area contributed by atoms with Gasteiger partial charge in [0.05, 0.1) is 7.11 Å². The van der Waals surface area contributed by atoms with Crippen molar-refractivity contribution in [2.75, 3.05) is 13.7 Å². The molecule has 0 saturated heterocycles. The van der Waals surface area contributed by atoms with E-state index < -0.39 is 11.9 Å². The van der Waals surface area contributed by atoms with Gasteiger partial charge >= 0.3 is 5.97 Å². The van der Waals surface area contributed by atoms with Gasteiger partial charge in [-0.3, -0.25) is 9.59 Å². The number of pyridine rings is 1. The summed E-state index contributed by atoms with van der Waals surface area (Å²) < 4.78 is 15.6. The Bertz CT molecular complexity index is 898. The fourth-order valence-electron chi connectivity index (χ4n) is 2.66. The Kier molecular flexibility index (Phi) is 6.11. The predicted molar refractivity (Wildman–Crippen MR) is 99.6 cm³/mol. The van der Waals surface area contributed by atoms with Crippen LogP contribution in [0.5, 0.6) is 5.75 Å². The van der Waals surface area contributed by atoms with Gasteiger partial charge in [0.15, 0.2) is 11.5 Å². The summed E-state index contributed by atoms with van der Waals surface area (Å²) in [6, 6.07) is 1.35. The Balaban J connectivity index is 1.65. The molecule has 0 aromatic carbocycles. The van der Waals surface area contributed by atoms with Crippen LogP contribution in [0.2, 0.25) is 0 Å². The molecule has 3 rings (SSSR count). The number of aromatic nitrogens is 1. The van der Waals surface area contributed by atoms with E-state index in [1.54, 1.807) is 0 Å². The number of nitrogens with one attached hydrogen (secondary N) is 1. The third kappa shape index (κ3) is 4.79. The number of hydrogen-bond donors (Lipinski definition) is 2. The number of ether oxygens (including phenoxy) is 3. The molecule has 0 atom stereocenters. The summed E-state index contributed by atoms with van der Waals surface area (Å²) in [7, 11) is 1.21. The normalized spacial score (nSPS) is 15.4. The Morgan fingerprint density at radius 2 is 2.21 bits per heavy atom. The number of esters is 1. The van der Waals surface area contributed by atoms with E-state index in [0.717, 1.165) is 12.8 Å². The van der Waals surface area contributed by atoms with Gasteiger partial charge in [-0.05, 0) is 18.9 Å². The standard InChI is InChI=1S/C20H20N2O6/c1-26-18(24)10-22-20(25)19-16(23)8-14(9-21-19)17-12-27-11-15(28-17)7-13-5-3-2-4-6-13/h2-3,5,8-9,11-12,23H,4,6-7,10H2,1H3,(H,22,25). The molecule has 2 aliphatic rings. The molecule has 2 N–H and O–H groups in total. The first-order valence-electron chi connectivity index (χ1n) is 8.68. The fourth-order valence-corrected chi connectivity index (χ4v) is 2.66. The molecule has 8 nitrogen and oxygen atoms in total. The average molecular weight is 384 g/mol. The van der Waals surface area contributed by atoms with Crippen molar-refractivity contribution in [2.24, 2.45) is 0 Å². The van der Waals surface area contributed by atoms with Gasteiger partial charge in [-0.15, -0.1) is 0 Å². The number of aromatic hydroxyl groups is 1. The number of allylic oxidation sites excluding steroid dienone is 4. The average Bonchev–Trinajstić information content (AvgIpc) is 2.72. The number of hydrogen-bond acceptors (Lipinski definition) is 7. The van der Waals surface area contributed by atoms with Crippen molar-refractivity contribution in [3.05, 3.63) is 65.6 Å². The van der Waals surface area contributed by atoms with Gasteiger partial charge < -0.3 is 24.6 Å². The van der Waals surface area contributed by atoms with Gasteiger partial charge in [0, 0.05) is 18.2 Å². The van der Waals surface area contributed by atoms with Crippen LogP contribution < -0.4 is 5.32 Å². The zero-order valence-corrected chi connectivity index (χ0v) is 15.3. The first kappa shape index (κ1) is 19.2. The first-order valence-corrected chi connectivity index (χ1v) is 8.68. The lowest BCUT2D eigenvalue weighted by Crippen LogP contribution is -2.30. The van der Waals surface area contributed by atoms with Crippen LogP contribution in [0.3, 0.4) is 0 Å². The molecule has 28 heavy (non-hydrogen) atoms. The monoisotopic (exact) mass is 384 g/mol. The highest BCUT2D eigenvalue weighted by atomic mass is 16.5. The van der Waals surface area contributed by atoms with E-state index in [1.165, 1.54) is 37.5 Å². The minimum atomic E-state index is -0.692. The second kappa shape index (κ2) is 8.90. The lowest BCUT2D eigenvalue weighted by atomic mass is 10.0. The Labute approximate surface area is 161 Å². The van der Waals surface area contributed by atoms with Crippen molar-refractivity contribution < 1.29 is 28.9 Å². The smallest absolute Gasteiger partial charge is 0.325 e. The Hall–Kier alpha value is -3.55. The van der Waals surface area contributed by atoms with E-state index in [2.05, 4.69) is 27.2 Å². The maximum absolute atomic E-state index is 12.0. The molecule has 1 amide bonds. The van der Waals surface area contributed by atoms with Crippen LogP contribution in [0, 0.1) is 0 Å². The van der Waals surface area contributed by atoms with Gasteiger partial charge in [-0.2, -0.15) is 0 Å². The van der Waals surface area contributed by atoms with Crippen LogP contribution in [0.4, 0.5) is 0 Å². The molecule has 1 aliphatic carbocycles. The van der Waals surface area contributed by atoms with Gasteiger partial charge in [0.25, 0.3) is 5.91 Å².